The summed E-state index contributed by atoms with van der Waals surface area (Å²) in [5.41, 5.74) is 2.53. The minimum Gasteiger partial charge on any atom is -0.493 e. The van der Waals surface area contributed by atoms with Gasteiger partial charge in [0.05, 0.1) is 19.1 Å². The molecule has 10 heteroatoms. The molecule has 0 aliphatic carbocycles. The van der Waals surface area contributed by atoms with Crippen LogP contribution in [0.5, 0.6) is 11.5 Å². The Labute approximate surface area is 181 Å². The first-order valence-corrected chi connectivity index (χ1v) is 10.8. The quantitative estimate of drug-likeness (QED) is 0.526. The zero-order chi connectivity index (χ0) is 23.0. The van der Waals surface area contributed by atoms with Crippen molar-refractivity contribution in [1.82, 2.24) is 10.0 Å². The van der Waals surface area contributed by atoms with Crippen LogP contribution in [0.25, 0.3) is 0 Å². The zero-order valence-corrected chi connectivity index (χ0v) is 18.7. The second kappa shape index (κ2) is 10.8. The van der Waals surface area contributed by atoms with Crippen LogP contribution < -0.4 is 19.5 Å². The second-order valence-corrected chi connectivity index (χ2v) is 8.46. The highest BCUT2D eigenvalue weighted by atomic mass is 32.2. The maximum absolute atomic E-state index is 12.3. The number of rotatable bonds is 10. The van der Waals surface area contributed by atoms with Gasteiger partial charge in [-0.15, -0.1) is 0 Å². The molecule has 9 nitrogen and oxygen atoms in total. The standard InChI is InChI=1S/C21H26N2O7S/c1-14-5-7-17(9-15(14)2)31(26,27)23-12-21(25)30-13-20(24)22-11-16-6-8-18(28-3)19(10-16)29-4/h5-10,23H,11-13H2,1-4H3,(H,22,24). The molecule has 168 valence electrons. The minimum absolute atomic E-state index is 0.0519. The van der Waals surface area contributed by atoms with Crippen LogP contribution in [-0.4, -0.2) is 47.7 Å². The van der Waals surface area contributed by atoms with Crippen LogP contribution in [0.1, 0.15) is 16.7 Å². The Morgan fingerprint density at radius 3 is 2.29 bits per heavy atom. The predicted molar refractivity (Wildman–Crippen MR) is 113 cm³/mol. The van der Waals surface area contributed by atoms with Gasteiger partial charge >= 0.3 is 5.97 Å². The number of hydrogen-bond acceptors (Lipinski definition) is 7. The van der Waals surface area contributed by atoms with E-state index in [1.807, 2.05) is 6.92 Å². The van der Waals surface area contributed by atoms with Crippen molar-refractivity contribution in [3.8, 4) is 11.5 Å². The van der Waals surface area contributed by atoms with Gasteiger partial charge in [-0.3, -0.25) is 9.59 Å². The van der Waals surface area contributed by atoms with E-state index < -0.39 is 35.1 Å². The van der Waals surface area contributed by atoms with Crippen LogP contribution in [0.2, 0.25) is 0 Å². The summed E-state index contributed by atoms with van der Waals surface area (Å²) in [5, 5.41) is 2.60. The maximum Gasteiger partial charge on any atom is 0.321 e. The molecular weight excluding hydrogens is 424 g/mol. The number of esters is 1. The molecule has 0 radical (unpaired) electrons. The van der Waals surface area contributed by atoms with Crippen LogP contribution in [0.4, 0.5) is 0 Å². The lowest BCUT2D eigenvalue weighted by molar-refractivity contribution is -0.147. The van der Waals surface area contributed by atoms with Gasteiger partial charge < -0.3 is 19.5 Å². The number of aryl methyl sites for hydroxylation is 2. The first-order chi connectivity index (χ1) is 14.7. The lowest BCUT2D eigenvalue weighted by Crippen LogP contribution is -2.33. The molecule has 2 aromatic rings. The largest absolute Gasteiger partial charge is 0.493 e. The van der Waals surface area contributed by atoms with Crippen molar-refractivity contribution >= 4 is 21.9 Å². The van der Waals surface area contributed by atoms with E-state index in [0.717, 1.165) is 16.7 Å². The average Bonchev–Trinajstić information content (AvgIpc) is 2.76. The molecule has 0 heterocycles. The third-order valence-corrected chi connectivity index (χ3v) is 5.90. The lowest BCUT2D eigenvalue weighted by Gasteiger charge is -2.11. The highest BCUT2D eigenvalue weighted by molar-refractivity contribution is 7.89. The van der Waals surface area contributed by atoms with Crippen LogP contribution >= 0.6 is 0 Å². The molecule has 1 amide bonds. The topological polar surface area (TPSA) is 120 Å². The SMILES string of the molecule is COc1ccc(CNC(=O)COC(=O)CNS(=O)(=O)c2ccc(C)c(C)c2)cc1OC. The molecule has 2 rings (SSSR count). The van der Waals surface area contributed by atoms with Crippen LogP contribution in [0, 0.1) is 13.8 Å². The average molecular weight is 451 g/mol. The number of amides is 1. The Hall–Kier alpha value is -3.11. The Balaban J connectivity index is 1.79. The Morgan fingerprint density at radius 1 is 0.935 bits per heavy atom. The van der Waals surface area contributed by atoms with Gasteiger partial charge in [0.1, 0.15) is 6.54 Å². The Morgan fingerprint density at radius 2 is 1.65 bits per heavy atom. The molecular formula is C21H26N2O7S. The van der Waals surface area contributed by atoms with Gasteiger partial charge in [0.15, 0.2) is 18.1 Å². The number of sulfonamides is 1. The number of hydrogen-bond donors (Lipinski definition) is 2. The summed E-state index contributed by atoms with van der Waals surface area (Å²) < 4.78 is 41.9. The fraction of sp³-hybridized carbons (Fsp3) is 0.333. The molecule has 0 saturated carbocycles. The maximum atomic E-state index is 12.3. The van der Waals surface area contributed by atoms with Crippen molar-refractivity contribution in [2.75, 3.05) is 27.4 Å². The van der Waals surface area contributed by atoms with Gasteiger partial charge in [0, 0.05) is 6.54 Å². The molecule has 0 fully saturated rings. The normalized spacial score (nSPS) is 11.0. The van der Waals surface area contributed by atoms with E-state index in [-0.39, 0.29) is 11.4 Å². The molecule has 2 aromatic carbocycles. The Kier molecular flexibility index (Phi) is 8.40. The van der Waals surface area contributed by atoms with Gasteiger partial charge in [0.2, 0.25) is 10.0 Å². The summed E-state index contributed by atoms with van der Waals surface area (Å²) in [6.07, 6.45) is 0. The van der Waals surface area contributed by atoms with Gasteiger partial charge in [-0.25, -0.2) is 8.42 Å². The van der Waals surface area contributed by atoms with Crippen molar-refractivity contribution in [3.63, 3.8) is 0 Å². The van der Waals surface area contributed by atoms with Gasteiger partial charge in [-0.05, 0) is 54.8 Å². The van der Waals surface area contributed by atoms with E-state index in [1.54, 1.807) is 31.2 Å². The number of nitrogens with one attached hydrogen (secondary N) is 2. The van der Waals surface area contributed by atoms with E-state index in [1.165, 1.54) is 26.4 Å². The summed E-state index contributed by atoms with van der Waals surface area (Å²) in [6, 6.07) is 9.84. The summed E-state index contributed by atoms with van der Waals surface area (Å²) in [5.74, 6) is -0.305. The summed E-state index contributed by atoms with van der Waals surface area (Å²) in [4.78, 5) is 23.8. The summed E-state index contributed by atoms with van der Waals surface area (Å²) in [7, 11) is -0.834. The second-order valence-electron chi connectivity index (χ2n) is 6.70. The number of carbonyl (C=O) groups excluding carboxylic acids is 2. The summed E-state index contributed by atoms with van der Waals surface area (Å²) in [6.45, 7) is 2.74. The van der Waals surface area contributed by atoms with Crippen LogP contribution in [0.15, 0.2) is 41.3 Å². The van der Waals surface area contributed by atoms with E-state index in [2.05, 4.69) is 10.0 Å². The molecule has 0 aliphatic heterocycles. The van der Waals surface area contributed by atoms with Crippen molar-refractivity contribution in [1.29, 1.82) is 0 Å². The molecule has 31 heavy (non-hydrogen) atoms. The highest BCUT2D eigenvalue weighted by Gasteiger charge is 2.17. The fourth-order valence-corrected chi connectivity index (χ4v) is 3.61. The molecule has 0 aromatic heterocycles. The van der Waals surface area contributed by atoms with E-state index >= 15 is 0 Å². The third-order valence-electron chi connectivity index (χ3n) is 4.50. The van der Waals surface area contributed by atoms with E-state index in [4.69, 9.17) is 14.2 Å². The smallest absolute Gasteiger partial charge is 0.321 e. The third kappa shape index (κ3) is 6.97. The molecule has 0 unspecified atom stereocenters. The minimum atomic E-state index is -3.87. The van der Waals surface area contributed by atoms with Crippen molar-refractivity contribution < 1.29 is 32.2 Å². The number of methoxy groups -OCH3 is 2. The molecule has 0 aliphatic rings. The molecule has 0 spiro atoms. The van der Waals surface area contributed by atoms with E-state index in [0.29, 0.717) is 11.5 Å². The monoisotopic (exact) mass is 450 g/mol. The van der Waals surface area contributed by atoms with E-state index in [9.17, 15) is 18.0 Å². The number of carbonyl (C=O) groups is 2. The molecule has 2 N–H and O–H groups in total. The van der Waals surface area contributed by atoms with Crippen molar-refractivity contribution in [3.05, 3.63) is 53.1 Å². The first kappa shape index (κ1) is 24.2. The van der Waals surface area contributed by atoms with Gasteiger partial charge in [-0.2, -0.15) is 4.72 Å². The highest BCUT2D eigenvalue weighted by Crippen LogP contribution is 2.27. The lowest BCUT2D eigenvalue weighted by atomic mass is 10.1. The molecule has 0 bridgehead atoms. The van der Waals surface area contributed by atoms with Crippen molar-refractivity contribution in [2.24, 2.45) is 0 Å². The predicted octanol–water partition coefficient (Wildman–Crippen LogP) is 1.46. The zero-order valence-electron chi connectivity index (χ0n) is 17.9. The van der Waals surface area contributed by atoms with Crippen LogP contribution in [0.3, 0.4) is 0 Å². The number of ether oxygens (including phenoxy) is 3. The first-order valence-electron chi connectivity index (χ1n) is 9.36. The van der Waals surface area contributed by atoms with Gasteiger partial charge in [-0.1, -0.05) is 12.1 Å². The Bertz CT molecular complexity index is 1050. The molecule has 0 saturated heterocycles. The molecule has 0 atom stereocenters. The fourth-order valence-electron chi connectivity index (χ4n) is 2.56. The number of benzene rings is 2. The van der Waals surface area contributed by atoms with Crippen molar-refractivity contribution in [2.45, 2.75) is 25.3 Å². The summed E-state index contributed by atoms with van der Waals surface area (Å²) >= 11 is 0. The van der Waals surface area contributed by atoms with Gasteiger partial charge in [0.25, 0.3) is 5.91 Å². The van der Waals surface area contributed by atoms with Crippen LogP contribution in [-0.2, 0) is 30.9 Å².